The van der Waals surface area contributed by atoms with E-state index in [4.69, 9.17) is 9.73 Å². The Morgan fingerprint density at radius 2 is 1.83 bits per heavy atom. The van der Waals surface area contributed by atoms with E-state index in [1.165, 1.54) is 25.7 Å². The molecule has 1 aliphatic heterocycles. The van der Waals surface area contributed by atoms with Crippen molar-refractivity contribution in [2.45, 2.75) is 58.4 Å². The normalized spacial score (nSPS) is 18.6. The number of nitrogens with zero attached hydrogens (tertiary/aromatic N) is 2. The summed E-state index contributed by atoms with van der Waals surface area (Å²) in [6, 6.07) is 7.93. The molecule has 30 heavy (non-hydrogen) atoms. The first-order chi connectivity index (χ1) is 14.7. The van der Waals surface area contributed by atoms with Gasteiger partial charge in [0.25, 0.3) is 5.91 Å². The maximum atomic E-state index is 12.6. The number of rotatable bonds is 9. The minimum absolute atomic E-state index is 0.154. The monoisotopic (exact) mass is 414 g/mol. The van der Waals surface area contributed by atoms with Gasteiger partial charge in [-0.05, 0) is 68.6 Å². The minimum Gasteiger partial charge on any atom is -0.385 e. The van der Waals surface area contributed by atoms with Gasteiger partial charge in [0, 0.05) is 45.5 Å². The second-order valence-corrected chi connectivity index (χ2v) is 8.69. The number of nitrogens with one attached hydrogen (secondary N) is 2. The molecule has 1 heterocycles. The minimum atomic E-state index is 0.154. The molecule has 6 nitrogen and oxygen atoms in total. The van der Waals surface area contributed by atoms with Crippen LogP contribution >= 0.6 is 0 Å². The molecule has 1 aromatic rings. The van der Waals surface area contributed by atoms with Crippen LogP contribution in [-0.4, -0.2) is 56.7 Å². The van der Waals surface area contributed by atoms with Gasteiger partial charge >= 0.3 is 0 Å². The van der Waals surface area contributed by atoms with Crippen molar-refractivity contribution < 1.29 is 9.53 Å². The van der Waals surface area contributed by atoms with Crippen molar-refractivity contribution in [3.05, 3.63) is 35.4 Å². The topological polar surface area (TPSA) is 66.0 Å². The number of methoxy groups -OCH3 is 1. The first kappa shape index (κ1) is 22.6. The molecule has 0 spiro atoms. The molecule has 0 aromatic heterocycles. The highest BCUT2D eigenvalue weighted by Crippen LogP contribution is 2.43. The van der Waals surface area contributed by atoms with E-state index < -0.39 is 0 Å². The van der Waals surface area contributed by atoms with Crippen molar-refractivity contribution in [3.63, 3.8) is 0 Å². The van der Waals surface area contributed by atoms with Gasteiger partial charge in [-0.3, -0.25) is 4.79 Å². The van der Waals surface area contributed by atoms with Crippen molar-refractivity contribution in [2.24, 2.45) is 10.4 Å². The van der Waals surface area contributed by atoms with Gasteiger partial charge < -0.3 is 20.3 Å². The van der Waals surface area contributed by atoms with Crippen LogP contribution in [0.3, 0.4) is 0 Å². The molecule has 0 bridgehead atoms. The summed E-state index contributed by atoms with van der Waals surface area (Å²) in [4.78, 5) is 19.4. The van der Waals surface area contributed by atoms with E-state index in [2.05, 4.69) is 17.6 Å². The number of ether oxygens (including phenoxy) is 1. The fourth-order valence-corrected chi connectivity index (χ4v) is 4.33. The Labute approximate surface area is 181 Å². The number of likely N-dealkylation sites (tertiary alicyclic amines) is 1. The van der Waals surface area contributed by atoms with Gasteiger partial charge in [0.05, 0.1) is 6.54 Å². The summed E-state index contributed by atoms with van der Waals surface area (Å²) in [6.45, 7) is 7.03. The fraction of sp³-hybridized carbons (Fsp3) is 0.667. The molecule has 3 rings (SSSR count). The summed E-state index contributed by atoms with van der Waals surface area (Å²) in [5.41, 5.74) is 2.24. The molecule has 2 N–H and O–H groups in total. The number of benzene rings is 1. The van der Waals surface area contributed by atoms with Crippen molar-refractivity contribution >= 4 is 11.9 Å². The van der Waals surface area contributed by atoms with Gasteiger partial charge in [-0.15, -0.1) is 0 Å². The lowest BCUT2D eigenvalue weighted by atomic mass is 9.67. The van der Waals surface area contributed by atoms with Crippen LogP contribution in [0.1, 0.15) is 67.8 Å². The molecule has 1 aromatic carbocycles. The van der Waals surface area contributed by atoms with E-state index in [1.54, 1.807) is 7.11 Å². The second-order valence-electron chi connectivity index (χ2n) is 8.69. The van der Waals surface area contributed by atoms with Gasteiger partial charge in [-0.2, -0.15) is 0 Å². The average molecular weight is 415 g/mol. The highest BCUT2D eigenvalue weighted by molar-refractivity contribution is 5.94. The maximum absolute atomic E-state index is 12.6. The predicted molar refractivity (Wildman–Crippen MR) is 122 cm³/mol. The first-order valence-corrected chi connectivity index (χ1v) is 11.6. The molecule has 1 amide bonds. The van der Waals surface area contributed by atoms with Crippen LogP contribution in [-0.2, 0) is 11.3 Å². The van der Waals surface area contributed by atoms with Gasteiger partial charge in [-0.25, -0.2) is 4.99 Å². The largest absolute Gasteiger partial charge is 0.385 e. The summed E-state index contributed by atoms with van der Waals surface area (Å²) in [7, 11) is 1.77. The van der Waals surface area contributed by atoms with Gasteiger partial charge in [0.15, 0.2) is 5.96 Å². The van der Waals surface area contributed by atoms with E-state index in [9.17, 15) is 4.79 Å². The van der Waals surface area contributed by atoms with Crippen LogP contribution in [0, 0.1) is 5.41 Å². The molecule has 1 saturated heterocycles. The van der Waals surface area contributed by atoms with Crippen molar-refractivity contribution in [3.8, 4) is 0 Å². The molecule has 1 saturated carbocycles. The molecule has 0 radical (unpaired) electrons. The highest BCUT2D eigenvalue weighted by atomic mass is 16.5. The molecule has 2 aliphatic rings. The van der Waals surface area contributed by atoms with Crippen LogP contribution in [0.4, 0.5) is 0 Å². The zero-order chi connectivity index (χ0) is 21.2. The van der Waals surface area contributed by atoms with Crippen LogP contribution in [0.5, 0.6) is 0 Å². The quantitative estimate of drug-likeness (QED) is 0.479. The van der Waals surface area contributed by atoms with Gasteiger partial charge in [0.1, 0.15) is 0 Å². The Bertz CT molecular complexity index is 692. The van der Waals surface area contributed by atoms with Crippen molar-refractivity contribution in [1.82, 2.24) is 15.5 Å². The third kappa shape index (κ3) is 6.21. The summed E-state index contributed by atoms with van der Waals surface area (Å²) in [5, 5.41) is 6.89. The molecule has 166 valence electrons. The molecule has 1 aliphatic carbocycles. The van der Waals surface area contributed by atoms with Crippen LogP contribution in [0.2, 0.25) is 0 Å². The van der Waals surface area contributed by atoms with Crippen LogP contribution in [0.15, 0.2) is 29.3 Å². The maximum Gasteiger partial charge on any atom is 0.253 e. The number of carbonyl (C=O) groups is 1. The average Bonchev–Trinajstić information content (AvgIpc) is 2.77. The highest BCUT2D eigenvalue weighted by Gasteiger charge is 2.36. The lowest BCUT2D eigenvalue weighted by molar-refractivity contribution is 0.0723. The lowest BCUT2D eigenvalue weighted by Gasteiger charge is -2.42. The van der Waals surface area contributed by atoms with E-state index >= 15 is 0 Å². The number of guanidine groups is 1. The second kappa shape index (κ2) is 11.3. The Morgan fingerprint density at radius 3 is 2.43 bits per heavy atom. The zero-order valence-electron chi connectivity index (χ0n) is 18.7. The summed E-state index contributed by atoms with van der Waals surface area (Å²) < 4.78 is 5.30. The number of piperidine rings is 1. The van der Waals surface area contributed by atoms with Gasteiger partial charge in [0.2, 0.25) is 0 Å². The SMILES string of the molecule is CCNC(=NCc1ccc(C(=O)N2CCCCC2)cc1)NCC1(CCOC)CCC1. The Hall–Kier alpha value is -2.08. The lowest BCUT2D eigenvalue weighted by Crippen LogP contribution is -2.46. The van der Waals surface area contributed by atoms with E-state index in [1.807, 2.05) is 29.2 Å². The zero-order valence-corrected chi connectivity index (χ0v) is 18.7. The third-order valence-electron chi connectivity index (χ3n) is 6.49. The third-order valence-corrected chi connectivity index (χ3v) is 6.49. The van der Waals surface area contributed by atoms with Gasteiger partial charge in [-0.1, -0.05) is 18.6 Å². The molecule has 0 atom stereocenters. The standard InChI is InChI=1S/C24H38N4O2/c1-3-25-23(27-19-24(12-7-13-24)14-17-30-2)26-18-20-8-10-21(11-9-20)22(29)28-15-5-4-6-16-28/h8-11H,3-7,12-19H2,1-2H3,(H2,25,26,27). The molecular formula is C24H38N4O2. The number of carbonyl (C=O) groups excluding carboxylic acids is 1. The number of hydrogen-bond acceptors (Lipinski definition) is 3. The Morgan fingerprint density at radius 1 is 1.10 bits per heavy atom. The Kier molecular flexibility index (Phi) is 8.55. The number of aliphatic imine (C=N–C) groups is 1. The van der Waals surface area contributed by atoms with Crippen LogP contribution in [0.25, 0.3) is 0 Å². The van der Waals surface area contributed by atoms with Crippen molar-refractivity contribution in [1.29, 1.82) is 0 Å². The Balaban J connectivity index is 1.54. The number of amides is 1. The summed E-state index contributed by atoms with van der Waals surface area (Å²) in [5.74, 6) is 1.01. The molecule has 2 fully saturated rings. The van der Waals surface area contributed by atoms with Crippen molar-refractivity contribution in [2.75, 3.05) is 39.9 Å². The predicted octanol–water partition coefficient (Wildman–Crippen LogP) is 3.57. The van der Waals surface area contributed by atoms with E-state index in [-0.39, 0.29) is 5.91 Å². The fourth-order valence-electron chi connectivity index (χ4n) is 4.33. The molecule has 6 heteroatoms. The number of hydrogen-bond donors (Lipinski definition) is 2. The van der Waals surface area contributed by atoms with Crippen LogP contribution < -0.4 is 10.6 Å². The van der Waals surface area contributed by atoms with E-state index in [0.29, 0.717) is 12.0 Å². The van der Waals surface area contributed by atoms with E-state index in [0.717, 1.165) is 69.1 Å². The summed E-state index contributed by atoms with van der Waals surface area (Å²) >= 11 is 0. The molecule has 0 unspecified atom stereocenters. The smallest absolute Gasteiger partial charge is 0.253 e. The summed E-state index contributed by atoms with van der Waals surface area (Å²) in [6.07, 6.45) is 8.39. The first-order valence-electron chi connectivity index (χ1n) is 11.6. The molecular weight excluding hydrogens is 376 g/mol.